The van der Waals surface area contributed by atoms with Crippen LogP contribution in [-0.4, -0.2) is 45.5 Å². The average Bonchev–Trinajstić information content (AvgIpc) is 2.77. The molecule has 0 aliphatic carbocycles. The van der Waals surface area contributed by atoms with Crippen LogP contribution in [0.15, 0.2) is 53.4 Å². The summed E-state index contributed by atoms with van der Waals surface area (Å²) in [4.78, 5) is 23.0. The molecule has 0 spiro atoms. The lowest BCUT2D eigenvalue weighted by Gasteiger charge is -2.12. The number of hydrogen-bond donors (Lipinski definition) is 2. The van der Waals surface area contributed by atoms with E-state index >= 15 is 0 Å². The molecule has 0 saturated carbocycles. The van der Waals surface area contributed by atoms with Crippen LogP contribution in [0.3, 0.4) is 0 Å². The molecule has 8 nitrogen and oxygen atoms in total. The molecule has 2 N–H and O–H groups in total. The fraction of sp³-hybridized carbons (Fsp3) is 0.333. The molecular formula is C24H29NO7S. The largest absolute Gasteiger partial charge is 0.493 e. The summed E-state index contributed by atoms with van der Waals surface area (Å²) in [7, 11) is -2.29. The number of carboxylic acid groups (broad SMARTS) is 1. The summed E-state index contributed by atoms with van der Waals surface area (Å²) in [6, 6.07) is 10.8. The number of carbonyl (C=O) groups excluding carboxylic acids is 1. The van der Waals surface area contributed by atoms with Crippen LogP contribution in [0, 0.1) is 5.92 Å². The van der Waals surface area contributed by atoms with E-state index < -0.39 is 16.0 Å². The SMILES string of the molecule is COc1cc(/C=C/C(=O)c2ccc(S(=O)(=O)NCCC(=O)O)cc2)ccc1OCCC(C)C. The van der Waals surface area contributed by atoms with Gasteiger partial charge in [-0.1, -0.05) is 26.0 Å². The lowest BCUT2D eigenvalue weighted by Crippen LogP contribution is -2.26. The molecule has 9 heteroatoms. The Morgan fingerprint density at radius 2 is 1.79 bits per heavy atom. The molecule has 0 aromatic heterocycles. The molecule has 2 rings (SSSR count). The minimum absolute atomic E-state index is 0.0498. The highest BCUT2D eigenvalue weighted by Gasteiger charge is 2.15. The number of sulfonamides is 1. The normalized spacial score (nSPS) is 11.6. The van der Waals surface area contributed by atoms with Crippen molar-refractivity contribution in [2.24, 2.45) is 5.92 Å². The van der Waals surface area contributed by atoms with Gasteiger partial charge in [-0.05, 0) is 60.4 Å². The molecular weight excluding hydrogens is 446 g/mol. The molecule has 2 aromatic rings. The second-order valence-electron chi connectivity index (χ2n) is 7.70. The monoisotopic (exact) mass is 475 g/mol. The maximum Gasteiger partial charge on any atom is 0.304 e. The fourth-order valence-corrected chi connectivity index (χ4v) is 3.79. The Labute approximate surface area is 194 Å². The summed E-state index contributed by atoms with van der Waals surface area (Å²) in [6.07, 6.45) is 3.64. The van der Waals surface area contributed by atoms with Crippen LogP contribution >= 0.6 is 0 Å². The van der Waals surface area contributed by atoms with Gasteiger partial charge in [-0.2, -0.15) is 0 Å². The smallest absolute Gasteiger partial charge is 0.304 e. The van der Waals surface area contributed by atoms with E-state index in [9.17, 15) is 18.0 Å². The van der Waals surface area contributed by atoms with Gasteiger partial charge in [0.1, 0.15) is 0 Å². The standard InChI is InChI=1S/C24H29NO7S/c1-17(2)13-15-32-22-11-5-18(16-23(22)31-3)4-10-21(26)19-6-8-20(9-7-19)33(29,30)25-14-12-24(27)28/h4-11,16-17,25H,12-15H2,1-3H3,(H,27,28)/b10-4+. The van der Waals surface area contributed by atoms with E-state index in [-0.39, 0.29) is 23.6 Å². The highest BCUT2D eigenvalue weighted by atomic mass is 32.2. The molecule has 0 aliphatic heterocycles. The average molecular weight is 476 g/mol. The number of carboxylic acids is 1. The molecule has 0 heterocycles. The van der Waals surface area contributed by atoms with Crippen molar-refractivity contribution < 1.29 is 32.6 Å². The Bertz CT molecular complexity index is 1090. The van der Waals surface area contributed by atoms with Crippen molar-refractivity contribution in [2.45, 2.75) is 31.6 Å². The predicted octanol–water partition coefficient (Wildman–Crippen LogP) is 3.77. The Hall–Kier alpha value is -3.17. The number of rotatable bonds is 13. The van der Waals surface area contributed by atoms with E-state index in [2.05, 4.69) is 18.6 Å². The number of ketones is 1. The highest BCUT2D eigenvalue weighted by Crippen LogP contribution is 2.29. The molecule has 0 saturated heterocycles. The van der Waals surface area contributed by atoms with E-state index in [1.807, 2.05) is 6.07 Å². The number of allylic oxidation sites excluding steroid dienone is 1. The Morgan fingerprint density at radius 1 is 1.09 bits per heavy atom. The molecule has 0 amide bonds. The Balaban J connectivity index is 2.04. The van der Waals surface area contributed by atoms with Gasteiger partial charge in [0.2, 0.25) is 10.0 Å². The number of ether oxygens (including phenoxy) is 2. The summed E-state index contributed by atoms with van der Waals surface area (Å²) >= 11 is 0. The highest BCUT2D eigenvalue weighted by molar-refractivity contribution is 7.89. The van der Waals surface area contributed by atoms with Crippen LogP contribution < -0.4 is 14.2 Å². The topological polar surface area (TPSA) is 119 Å². The molecule has 0 radical (unpaired) electrons. The summed E-state index contributed by atoms with van der Waals surface area (Å²) in [5, 5.41) is 8.61. The molecule has 178 valence electrons. The van der Waals surface area contributed by atoms with Crippen LogP contribution in [0.5, 0.6) is 11.5 Å². The Morgan fingerprint density at radius 3 is 2.39 bits per heavy atom. The third-order valence-electron chi connectivity index (χ3n) is 4.65. The molecule has 0 unspecified atom stereocenters. The van der Waals surface area contributed by atoms with Crippen LogP contribution in [-0.2, 0) is 14.8 Å². The first kappa shape index (κ1) is 26.1. The first-order valence-corrected chi connectivity index (χ1v) is 12.0. The van der Waals surface area contributed by atoms with Crippen LogP contribution in [0.25, 0.3) is 6.08 Å². The quantitative estimate of drug-likeness (QED) is 0.334. The van der Waals surface area contributed by atoms with Crippen molar-refractivity contribution in [2.75, 3.05) is 20.3 Å². The minimum atomic E-state index is -3.85. The van der Waals surface area contributed by atoms with Gasteiger partial charge in [0, 0.05) is 12.1 Å². The third-order valence-corrected chi connectivity index (χ3v) is 6.12. The maximum atomic E-state index is 12.5. The van der Waals surface area contributed by atoms with Crippen molar-refractivity contribution in [3.05, 3.63) is 59.7 Å². The zero-order valence-electron chi connectivity index (χ0n) is 18.9. The summed E-state index contributed by atoms with van der Waals surface area (Å²) < 4.78 is 37.7. The van der Waals surface area contributed by atoms with Crippen molar-refractivity contribution in [1.82, 2.24) is 4.72 Å². The maximum absolute atomic E-state index is 12.5. The molecule has 0 fully saturated rings. The van der Waals surface area contributed by atoms with Gasteiger partial charge in [-0.15, -0.1) is 0 Å². The van der Waals surface area contributed by atoms with Crippen molar-refractivity contribution >= 4 is 27.9 Å². The van der Waals surface area contributed by atoms with E-state index in [1.165, 1.54) is 30.3 Å². The van der Waals surface area contributed by atoms with Gasteiger partial charge in [0.05, 0.1) is 25.0 Å². The van der Waals surface area contributed by atoms with Gasteiger partial charge < -0.3 is 14.6 Å². The molecule has 33 heavy (non-hydrogen) atoms. The van der Waals surface area contributed by atoms with Crippen LogP contribution in [0.4, 0.5) is 0 Å². The number of nitrogens with one attached hydrogen (secondary N) is 1. The first-order chi connectivity index (χ1) is 15.6. The van der Waals surface area contributed by atoms with Crippen LogP contribution in [0.2, 0.25) is 0 Å². The predicted molar refractivity (Wildman–Crippen MR) is 125 cm³/mol. The van der Waals surface area contributed by atoms with E-state index in [0.717, 1.165) is 12.0 Å². The zero-order valence-corrected chi connectivity index (χ0v) is 19.7. The lowest BCUT2D eigenvalue weighted by atomic mass is 10.1. The van der Waals surface area contributed by atoms with Gasteiger partial charge in [0.15, 0.2) is 17.3 Å². The second-order valence-corrected chi connectivity index (χ2v) is 9.47. The molecule has 0 aliphatic rings. The van der Waals surface area contributed by atoms with Gasteiger partial charge in [-0.25, -0.2) is 13.1 Å². The molecule has 2 aromatic carbocycles. The third kappa shape index (κ3) is 8.36. The minimum Gasteiger partial charge on any atom is -0.493 e. The van der Waals surface area contributed by atoms with Crippen LogP contribution in [0.1, 0.15) is 42.6 Å². The van der Waals surface area contributed by atoms with Crippen molar-refractivity contribution in [3.63, 3.8) is 0 Å². The van der Waals surface area contributed by atoms with Gasteiger partial charge in [0.25, 0.3) is 0 Å². The van der Waals surface area contributed by atoms with Gasteiger partial charge in [-0.3, -0.25) is 9.59 Å². The number of methoxy groups -OCH3 is 1. The number of hydrogen-bond acceptors (Lipinski definition) is 6. The fourth-order valence-electron chi connectivity index (χ4n) is 2.75. The second kappa shape index (κ2) is 12.2. The summed E-state index contributed by atoms with van der Waals surface area (Å²) in [5.41, 5.74) is 1.06. The first-order valence-electron chi connectivity index (χ1n) is 10.5. The van der Waals surface area contributed by atoms with Crippen molar-refractivity contribution in [1.29, 1.82) is 0 Å². The van der Waals surface area contributed by atoms with E-state index in [4.69, 9.17) is 14.6 Å². The number of carbonyl (C=O) groups is 2. The Kier molecular flexibility index (Phi) is 9.62. The molecule has 0 bridgehead atoms. The van der Waals surface area contributed by atoms with Crippen molar-refractivity contribution in [3.8, 4) is 11.5 Å². The number of benzene rings is 2. The lowest BCUT2D eigenvalue weighted by molar-refractivity contribution is -0.136. The molecule has 0 atom stereocenters. The number of aliphatic carboxylic acids is 1. The van der Waals surface area contributed by atoms with E-state index in [0.29, 0.717) is 29.6 Å². The summed E-state index contributed by atoms with van der Waals surface area (Å²) in [5.74, 6) is 0.339. The summed E-state index contributed by atoms with van der Waals surface area (Å²) in [6.45, 7) is 4.61. The zero-order chi connectivity index (χ0) is 24.4. The van der Waals surface area contributed by atoms with E-state index in [1.54, 1.807) is 25.3 Å². The van der Waals surface area contributed by atoms with Gasteiger partial charge >= 0.3 is 5.97 Å².